The monoisotopic (exact) mass is 330 g/mol. The molecule has 1 aromatic rings. The minimum Gasteiger partial charge on any atom is -0.274 e. The number of nitrogens with zero attached hydrogens (tertiary/aromatic N) is 2. The second-order valence-electron chi connectivity index (χ2n) is 8.04. The molecule has 2 heterocycles. The molecule has 122 valence electrons. The quantitative estimate of drug-likeness (QED) is 0.617. The average molecular weight is 330 g/mol. The number of aromatic nitrogens is 1. The first-order chi connectivity index (χ1) is 10.8. The Kier molecular flexibility index (Phi) is 3.12. The highest BCUT2D eigenvalue weighted by Gasteiger charge is 2.60. The molecule has 2 fully saturated rings. The molecule has 1 aliphatic heterocycles. The zero-order valence-corrected chi connectivity index (χ0v) is 14.8. The smallest absolute Gasteiger partial charge is 0.234 e. The molecular weight excluding hydrogens is 308 g/mol. The van der Waals surface area contributed by atoms with Crippen molar-refractivity contribution < 1.29 is 9.59 Å². The number of hydrogen-bond donors (Lipinski definition) is 0. The predicted molar refractivity (Wildman–Crippen MR) is 88.8 cm³/mol. The molecule has 2 bridgehead atoms. The minimum atomic E-state index is -0.263. The number of rotatable bonds is 2. The van der Waals surface area contributed by atoms with Gasteiger partial charge >= 0.3 is 0 Å². The van der Waals surface area contributed by atoms with Crippen molar-refractivity contribution in [2.24, 2.45) is 23.7 Å². The molecule has 1 unspecified atom stereocenters. The summed E-state index contributed by atoms with van der Waals surface area (Å²) in [6, 6.07) is -0.263. The van der Waals surface area contributed by atoms with E-state index in [1.165, 1.54) is 4.90 Å². The first-order valence-corrected chi connectivity index (χ1v) is 9.18. The normalized spacial score (nSPS) is 33.7. The third-order valence-corrected chi connectivity index (χ3v) is 6.55. The highest BCUT2D eigenvalue weighted by molar-refractivity contribution is 7.09. The molecule has 1 saturated carbocycles. The van der Waals surface area contributed by atoms with Crippen LogP contribution in [0.3, 0.4) is 0 Å². The maximum atomic E-state index is 12.9. The Bertz CT molecular complexity index is 685. The van der Waals surface area contributed by atoms with Crippen molar-refractivity contribution in [3.63, 3.8) is 0 Å². The standard InChI is InChI=1S/C18H22N2O2S/c1-9(15-19-12(8-23-15)18(2,3)4)20-16(21)13-10-5-6-11(7-10)14(13)17(20)22/h5-6,8-11,13-14H,7H2,1-4H3/t9?,10-,11+,13+,14-. The molecule has 0 aromatic carbocycles. The van der Waals surface area contributed by atoms with Gasteiger partial charge in [0.1, 0.15) is 5.01 Å². The molecule has 2 amide bonds. The van der Waals surface area contributed by atoms with E-state index in [2.05, 4.69) is 32.9 Å². The summed E-state index contributed by atoms with van der Waals surface area (Å²) in [6.45, 7) is 8.29. The molecule has 3 aliphatic rings. The SMILES string of the molecule is CC(c1nc(C(C)(C)C)cs1)N1C(=O)[C@@H]2[C@H](C1=O)[C@H]1C=C[C@@H]2C1. The molecular formula is C18H22N2O2S. The summed E-state index contributed by atoms with van der Waals surface area (Å²) >= 11 is 1.55. The van der Waals surface area contributed by atoms with Gasteiger partial charge in [-0.05, 0) is 25.2 Å². The minimum absolute atomic E-state index is 0.0110. The molecule has 0 N–H and O–H groups in total. The van der Waals surface area contributed by atoms with E-state index in [1.54, 1.807) is 11.3 Å². The van der Waals surface area contributed by atoms with Gasteiger partial charge in [-0.3, -0.25) is 14.5 Å². The van der Waals surface area contributed by atoms with Crippen molar-refractivity contribution in [3.05, 3.63) is 28.2 Å². The summed E-state index contributed by atoms with van der Waals surface area (Å²) in [5.74, 6) is 0.304. The van der Waals surface area contributed by atoms with Gasteiger partial charge in [0.2, 0.25) is 11.8 Å². The van der Waals surface area contributed by atoms with Gasteiger partial charge in [0.15, 0.2) is 0 Å². The first-order valence-electron chi connectivity index (χ1n) is 8.30. The summed E-state index contributed by atoms with van der Waals surface area (Å²) in [5.41, 5.74) is 0.998. The van der Waals surface area contributed by atoms with Crippen molar-refractivity contribution in [3.8, 4) is 0 Å². The fourth-order valence-corrected chi connectivity index (χ4v) is 5.33. The van der Waals surface area contributed by atoms with Gasteiger partial charge in [0.05, 0.1) is 23.6 Å². The second kappa shape index (κ2) is 4.76. The van der Waals surface area contributed by atoms with Crippen LogP contribution in [0, 0.1) is 23.7 Å². The number of allylic oxidation sites excluding steroid dienone is 2. The lowest BCUT2D eigenvalue weighted by Crippen LogP contribution is -2.35. The van der Waals surface area contributed by atoms with Gasteiger partial charge in [-0.2, -0.15) is 0 Å². The van der Waals surface area contributed by atoms with E-state index in [0.29, 0.717) is 0 Å². The molecule has 1 saturated heterocycles. The molecule has 4 rings (SSSR count). The van der Waals surface area contributed by atoms with Crippen LogP contribution in [-0.4, -0.2) is 21.7 Å². The highest BCUT2D eigenvalue weighted by Crippen LogP contribution is 2.53. The van der Waals surface area contributed by atoms with Crippen LogP contribution >= 0.6 is 11.3 Å². The van der Waals surface area contributed by atoms with E-state index in [0.717, 1.165) is 17.1 Å². The largest absolute Gasteiger partial charge is 0.274 e. The van der Waals surface area contributed by atoms with E-state index in [-0.39, 0.29) is 46.9 Å². The van der Waals surface area contributed by atoms with Crippen LogP contribution in [0.4, 0.5) is 0 Å². The van der Waals surface area contributed by atoms with Crippen LogP contribution in [-0.2, 0) is 15.0 Å². The summed E-state index contributed by atoms with van der Waals surface area (Å²) in [6.07, 6.45) is 5.24. The average Bonchev–Trinajstić information content (AvgIpc) is 3.21. The van der Waals surface area contributed by atoms with E-state index in [4.69, 9.17) is 4.98 Å². The van der Waals surface area contributed by atoms with Crippen LogP contribution in [0.2, 0.25) is 0 Å². The first kappa shape index (κ1) is 15.1. The van der Waals surface area contributed by atoms with Crippen LogP contribution < -0.4 is 0 Å². The molecule has 0 radical (unpaired) electrons. The Balaban J connectivity index is 1.62. The summed E-state index contributed by atoms with van der Waals surface area (Å²) in [7, 11) is 0. The highest BCUT2D eigenvalue weighted by atomic mass is 32.1. The summed E-state index contributed by atoms with van der Waals surface area (Å²) in [4.78, 5) is 31.9. The number of carbonyl (C=O) groups is 2. The van der Waals surface area contributed by atoms with E-state index in [1.807, 2.05) is 12.3 Å². The number of imide groups is 1. The van der Waals surface area contributed by atoms with Crippen LogP contribution in [0.1, 0.15) is 50.9 Å². The maximum absolute atomic E-state index is 12.9. The van der Waals surface area contributed by atoms with Gasteiger partial charge in [-0.1, -0.05) is 32.9 Å². The van der Waals surface area contributed by atoms with Crippen LogP contribution in [0.15, 0.2) is 17.5 Å². The topological polar surface area (TPSA) is 50.3 Å². The van der Waals surface area contributed by atoms with Crippen LogP contribution in [0.25, 0.3) is 0 Å². The predicted octanol–water partition coefficient (Wildman–Crippen LogP) is 3.31. The lowest BCUT2D eigenvalue weighted by molar-refractivity contribution is -0.143. The Labute approximate surface area is 140 Å². The molecule has 2 aliphatic carbocycles. The zero-order chi connectivity index (χ0) is 16.5. The summed E-state index contributed by atoms with van der Waals surface area (Å²) < 4.78 is 0. The lowest BCUT2D eigenvalue weighted by Gasteiger charge is -2.23. The number of thiazole rings is 1. The van der Waals surface area contributed by atoms with E-state index < -0.39 is 0 Å². The fraction of sp³-hybridized carbons (Fsp3) is 0.611. The summed E-state index contributed by atoms with van der Waals surface area (Å²) in [5, 5.41) is 2.90. The third kappa shape index (κ3) is 2.05. The molecule has 23 heavy (non-hydrogen) atoms. The Morgan fingerprint density at radius 2 is 1.74 bits per heavy atom. The molecule has 1 aromatic heterocycles. The third-order valence-electron chi connectivity index (χ3n) is 5.54. The van der Waals surface area contributed by atoms with Crippen molar-refractivity contribution in [2.45, 2.75) is 45.6 Å². The Hall–Kier alpha value is -1.49. The fourth-order valence-electron chi connectivity index (χ4n) is 4.24. The van der Waals surface area contributed by atoms with Crippen molar-refractivity contribution >= 4 is 23.2 Å². The van der Waals surface area contributed by atoms with Crippen molar-refractivity contribution in [2.75, 3.05) is 0 Å². The van der Waals surface area contributed by atoms with Gasteiger partial charge in [0, 0.05) is 10.8 Å². The van der Waals surface area contributed by atoms with Gasteiger partial charge in [-0.25, -0.2) is 4.98 Å². The van der Waals surface area contributed by atoms with Gasteiger partial charge < -0.3 is 0 Å². The van der Waals surface area contributed by atoms with Gasteiger partial charge in [-0.15, -0.1) is 11.3 Å². The zero-order valence-electron chi connectivity index (χ0n) is 13.9. The lowest BCUT2D eigenvalue weighted by atomic mass is 9.85. The second-order valence-corrected chi connectivity index (χ2v) is 8.93. The Morgan fingerprint density at radius 3 is 2.22 bits per heavy atom. The van der Waals surface area contributed by atoms with Gasteiger partial charge in [0.25, 0.3) is 0 Å². The Morgan fingerprint density at radius 1 is 1.17 bits per heavy atom. The van der Waals surface area contributed by atoms with E-state index >= 15 is 0 Å². The molecule has 0 spiro atoms. The number of likely N-dealkylation sites (tertiary alicyclic amines) is 1. The van der Waals surface area contributed by atoms with Crippen LogP contribution in [0.5, 0.6) is 0 Å². The molecule has 5 atom stereocenters. The maximum Gasteiger partial charge on any atom is 0.234 e. The number of hydrogen-bond acceptors (Lipinski definition) is 4. The molecule has 4 nitrogen and oxygen atoms in total. The number of amides is 2. The molecule has 5 heteroatoms. The van der Waals surface area contributed by atoms with E-state index in [9.17, 15) is 9.59 Å². The number of carbonyl (C=O) groups excluding carboxylic acids is 2. The van der Waals surface area contributed by atoms with Crippen molar-refractivity contribution in [1.29, 1.82) is 0 Å². The number of fused-ring (bicyclic) bond motifs is 5. The van der Waals surface area contributed by atoms with Crippen molar-refractivity contribution in [1.82, 2.24) is 9.88 Å².